The lowest BCUT2D eigenvalue weighted by Gasteiger charge is -2.18. The van der Waals surface area contributed by atoms with E-state index in [9.17, 15) is 14.4 Å². The summed E-state index contributed by atoms with van der Waals surface area (Å²) in [5.74, 6) is -0.925. The minimum absolute atomic E-state index is 0.0885. The highest BCUT2D eigenvalue weighted by atomic mass is 16.6. The van der Waals surface area contributed by atoms with Crippen molar-refractivity contribution in [2.75, 3.05) is 13.2 Å². The molecule has 0 amide bonds. The fourth-order valence-corrected chi connectivity index (χ4v) is 7.48. The number of rotatable bonds is 48. The van der Waals surface area contributed by atoms with Gasteiger partial charge in [-0.15, -0.1) is 0 Å². The van der Waals surface area contributed by atoms with E-state index < -0.39 is 6.10 Å². The highest BCUT2D eigenvalue weighted by Crippen LogP contribution is 2.14. The molecule has 0 radical (unpaired) electrons. The Labute approximate surface area is 384 Å². The molecule has 0 aromatic heterocycles. The molecule has 0 bridgehead atoms. The van der Waals surface area contributed by atoms with Gasteiger partial charge in [-0.2, -0.15) is 0 Å². The van der Waals surface area contributed by atoms with E-state index in [1.165, 1.54) is 141 Å². The summed E-state index contributed by atoms with van der Waals surface area (Å²) in [5, 5.41) is 0. The second-order valence-corrected chi connectivity index (χ2v) is 17.8. The van der Waals surface area contributed by atoms with Crippen LogP contribution in [0.3, 0.4) is 0 Å². The maximum absolute atomic E-state index is 12.8. The summed E-state index contributed by atoms with van der Waals surface area (Å²) in [7, 11) is 0. The summed E-state index contributed by atoms with van der Waals surface area (Å²) < 4.78 is 16.8. The number of hydrogen-bond donors (Lipinski definition) is 0. The Bertz CT molecular complexity index is 1090. The van der Waals surface area contributed by atoms with Crippen LogP contribution in [0.15, 0.2) is 48.6 Å². The molecule has 6 heteroatoms. The zero-order valence-corrected chi connectivity index (χ0v) is 41.1. The number of carbonyl (C=O) groups excluding carboxylic acids is 3. The van der Waals surface area contributed by atoms with Crippen LogP contribution in [0.5, 0.6) is 0 Å². The number of esters is 3. The van der Waals surface area contributed by atoms with Gasteiger partial charge in [-0.05, 0) is 96.3 Å². The first-order valence-corrected chi connectivity index (χ1v) is 26.7. The van der Waals surface area contributed by atoms with Gasteiger partial charge in [-0.25, -0.2) is 0 Å². The van der Waals surface area contributed by atoms with Gasteiger partial charge in [0.2, 0.25) is 0 Å². The average Bonchev–Trinajstić information content (AvgIpc) is 3.27. The van der Waals surface area contributed by atoms with Crippen molar-refractivity contribution in [2.45, 2.75) is 277 Å². The van der Waals surface area contributed by atoms with Crippen LogP contribution in [0, 0.1) is 0 Å². The molecule has 0 fully saturated rings. The average molecular weight is 869 g/mol. The van der Waals surface area contributed by atoms with Gasteiger partial charge in [-0.3, -0.25) is 14.4 Å². The second kappa shape index (κ2) is 51.0. The maximum atomic E-state index is 12.8. The van der Waals surface area contributed by atoms with E-state index in [1.54, 1.807) is 0 Å². The highest BCUT2D eigenvalue weighted by Gasteiger charge is 2.19. The van der Waals surface area contributed by atoms with Crippen LogP contribution in [-0.4, -0.2) is 37.2 Å². The topological polar surface area (TPSA) is 78.9 Å². The standard InChI is InChI=1S/C56H100O6/c1-4-7-10-13-16-19-22-25-27-29-31-34-37-40-43-46-49-55(58)61-52-53(51-60-54(57)48-45-42-39-36-33-24-21-18-15-12-9-6-3)62-56(59)50-47-44-41-38-35-32-30-28-26-23-20-17-14-11-8-5-2/h18,21,27-31,34,53H,4-17,19-20,22-26,32-33,35-52H2,1-3H3/b21-18-,29-27-,30-28-,34-31-. The van der Waals surface area contributed by atoms with Gasteiger partial charge >= 0.3 is 17.9 Å². The SMILES string of the molecule is CCCCC/C=C\CCCCCCCC(=O)OCC(COC(=O)CCCCC/C=C\C=C/CCCCCCCCC)OC(=O)CCCCCCC/C=C\CCCCCCCCC. The van der Waals surface area contributed by atoms with Crippen molar-refractivity contribution in [3.05, 3.63) is 48.6 Å². The van der Waals surface area contributed by atoms with E-state index in [0.29, 0.717) is 19.3 Å². The number of allylic oxidation sites excluding steroid dienone is 8. The van der Waals surface area contributed by atoms with Crippen molar-refractivity contribution >= 4 is 17.9 Å². The van der Waals surface area contributed by atoms with E-state index in [-0.39, 0.29) is 31.1 Å². The van der Waals surface area contributed by atoms with Crippen molar-refractivity contribution in [3.63, 3.8) is 0 Å². The Morgan fingerprint density at radius 1 is 0.323 bits per heavy atom. The van der Waals surface area contributed by atoms with E-state index >= 15 is 0 Å². The minimum Gasteiger partial charge on any atom is -0.462 e. The maximum Gasteiger partial charge on any atom is 0.306 e. The molecule has 0 rings (SSSR count). The van der Waals surface area contributed by atoms with E-state index in [2.05, 4.69) is 69.4 Å². The summed E-state index contributed by atoms with van der Waals surface area (Å²) in [6.07, 6.45) is 60.9. The van der Waals surface area contributed by atoms with Crippen LogP contribution in [0.25, 0.3) is 0 Å². The fourth-order valence-electron chi connectivity index (χ4n) is 7.48. The zero-order chi connectivity index (χ0) is 45.1. The Kier molecular flexibility index (Phi) is 48.8. The van der Waals surface area contributed by atoms with Gasteiger partial charge in [0.05, 0.1) is 0 Å². The summed E-state index contributed by atoms with van der Waals surface area (Å²) in [6.45, 7) is 6.58. The molecule has 62 heavy (non-hydrogen) atoms. The molecule has 0 aromatic rings. The third-order valence-corrected chi connectivity index (χ3v) is 11.6. The predicted octanol–water partition coefficient (Wildman–Crippen LogP) is 17.5. The van der Waals surface area contributed by atoms with Crippen LogP contribution >= 0.6 is 0 Å². The van der Waals surface area contributed by atoms with Crippen LogP contribution in [0.4, 0.5) is 0 Å². The van der Waals surface area contributed by atoms with Crippen LogP contribution in [0.1, 0.15) is 271 Å². The van der Waals surface area contributed by atoms with E-state index in [1.807, 2.05) is 0 Å². The quantitative estimate of drug-likeness (QED) is 0.0199. The Morgan fingerprint density at radius 3 is 0.952 bits per heavy atom. The molecule has 0 saturated carbocycles. The molecule has 0 aromatic carbocycles. The predicted molar refractivity (Wildman–Crippen MR) is 265 cm³/mol. The number of unbranched alkanes of at least 4 members (excludes halogenated alkanes) is 30. The summed E-state index contributed by atoms with van der Waals surface area (Å²) in [5.41, 5.74) is 0. The third kappa shape index (κ3) is 48.4. The number of hydrogen-bond acceptors (Lipinski definition) is 6. The molecule has 0 spiro atoms. The van der Waals surface area contributed by atoms with Gasteiger partial charge in [0, 0.05) is 19.3 Å². The van der Waals surface area contributed by atoms with Crippen LogP contribution in [0.2, 0.25) is 0 Å². The number of carbonyl (C=O) groups is 3. The zero-order valence-electron chi connectivity index (χ0n) is 41.1. The third-order valence-electron chi connectivity index (χ3n) is 11.6. The van der Waals surface area contributed by atoms with Crippen molar-refractivity contribution in [2.24, 2.45) is 0 Å². The molecule has 0 aliphatic rings. The monoisotopic (exact) mass is 869 g/mol. The molecule has 6 nitrogen and oxygen atoms in total. The minimum atomic E-state index is -0.790. The van der Waals surface area contributed by atoms with Gasteiger partial charge in [0.25, 0.3) is 0 Å². The molecule has 0 saturated heterocycles. The van der Waals surface area contributed by atoms with Gasteiger partial charge in [-0.1, -0.05) is 204 Å². The lowest BCUT2D eigenvalue weighted by molar-refractivity contribution is -0.167. The molecule has 0 N–H and O–H groups in total. The largest absolute Gasteiger partial charge is 0.462 e. The van der Waals surface area contributed by atoms with Gasteiger partial charge < -0.3 is 14.2 Å². The molecule has 360 valence electrons. The van der Waals surface area contributed by atoms with Crippen molar-refractivity contribution in [1.29, 1.82) is 0 Å². The van der Waals surface area contributed by atoms with Gasteiger partial charge in [0.15, 0.2) is 6.10 Å². The lowest BCUT2D eigenvalue weighted by Crippen LogP contribution is -2.30. The van der Waals surface area contributed by atoms with Crippen molar-refractivity contribution < 1.29 is 28.6 Å². The number of ether oxygens (including phenoxy) is 3. The molecule has 1 atom stereocenters. The molecular weight excluding hydrogens is 769 g/mol. The van der Waals surface area contributed by atoms with E-state index in [0.717, 1.165) is 89.9 Å². The Balaban J connectivity index is 4.42. The Hall–Kier alpha value is -2.63. The first kappa shape index (κ1) is 59.4. The molecule has 0 aliphatic heterocycles. The van der Waals surface area contributed by atoms with Gasteiger partial charge in [0.1, 0.15) is 13.2 Å². The first-order chi connectivity index (χ1) is 30.5. The Morgan fingerprint density at radius 2 is 0.581 bits per heavy atom. The summed E-state index contributed by atoms with van der Waals surface area (Å²) in [4.78, 5) is 38.0. The first-order valence-electron chi connectivity index (χ1n) is 26.7. The van der Waals surface area contributed by atoms with Crippen molar-refractivity contribution in [1.82, 2.24) is 0 Å². The van der Waals surface area contributed by atoms with Crippen molar-refractivity contribution in [3.8, 4) is 0 Å². The van der Waals surface area contributed by atoms with Crippen LogP contribution in [-0.2, 0) is 28.6 Å². The molecule has 1 unspecified atom stereocenters. The highest BCUT2D eigenvalue weighted by molar-refractivity contribution is 5.71. The molecule has 0 heterocycles. The van der Waals surface area contributed by atoms with E-state index in [4.69, 9.17) is 14.2 Å². The normalized spacial score (nSPS) is 12.4. The van der Waals surface area contributed by atoms with Crippen LogP contribution < -0.4 is 0 Å². The second-order valence-electron chi connectivity index (χ2n) is 17.8. The molecule has 0 aliphatic carbocycles. The fraction of sp³-hybridized carbons (Fsp3) is 0.804. The lowest BCUT2D eigenvalue weighted by atomic mass is 10.1. The smallest absolute Gasteiger partial charge is 0.306 e. The summed E-state index contributed by atoms with van der Waals surface area (Å²) in [6, 6.07) is 0. The molecular formula is C56H100O6. The summed E-state index contributed by atoms with van der Waals surface area (Å²) >= 11 is 0.